The third-order valence-corrected chi connectivity index (χ3v) is 3.05. The monoisotopic (exact) mass is 290 g/mol. The summed E-state index contributed by atoms with van der Waals surface area (Å²) in [4.78, 5) is 5.31. The van der Waals surface area contributed by atoms with Crippen LogP contribution in [0.3, 0.4) is 0 Å². The molecule has 110 valence electrons. The minimum Gasteiger partial charge on any atom is -0.365 e. The van der Waals surface area contributed by atoms with E-state index in [9.17, 15) is 0 Å². The lowest BCUT2D eigenvalue weighted by atomic mass is 10.0. The van der Waals surface area contributed by atoms with E-state index < -0.39 is 0 Å². The Morgan fingerprint density at radius 1 is 1.00 bits per heavy atom. The predicted molar refractivity (Wildman–Crippen MR) is 88.2 cm³/mol. The molecule has 0 aliphatic rings. The number of nitriles is 1. The molecule has 0 bridgehead atoms. The molecule has 0 amide bonds. The van der Waals surface area contributed by atoms with Gasteiger partial charge >= 0.3 is 0 Å². The number of hydrogen-bond acceptors (Lipinski definition) is 3. The molecule has 0 saturated heterocycles. The van der Waals surface area contributed by atoms with Gasteiger partial charge in [0.05, 0.1) is 6.07 Å². The van der Waals surface area contributed by atoms with E-state index in [2.05, 4.69) is 11.2 Å². The summed E-state index contributed by atoms with van der Waals surface area (Å²) in [5.41, 5.74) is 2.81. The summed E-state index contributed by atoms with van der Waals surface area (Å²) in [7, 11) is 0. The van der Waals surface area contributed by atoms with E-state index in [4.69, 9.17) is 10.1 Å². The number of oxime groups is 1. The molecule has 0 aliphatic carbocycles. The zero-order valence-electron chi connectivity index (χ0n) is 12.4. The van der Waals surface area contributed by atoms with Crippen LogP contribution < -0.4 is 0 Å². The zero-order valence-corrected chi connectivity index (χ0v) is 12.4. The molecule has 3 nitrogen and oxygen atoms in total. The van der Waals surface area contributed by atoms with Crippen molar-refractivity contribution in [1.29, 1.82) is 5.26 Å². The second-order valence-corrected chi connectivity index (χ2v) is 4.70. The molecule has 0 fully saturated rings. The van der Waals surface area contributed by atoms with E-state index in [-0.39, 0.29) is 0 Å². The van der Waals surface area contributed by atoms with Gasteiger partial charge in [0.1, 0.15) is 12.0 Å². The summed E-state index contributed by atoms with van der Waals surface area (Å²) in [5, 5.41) is 12.7. The molecule has 0 atom stereocenters. The van der Waals surface area contributed by atoms with Gasteiger partial charge in [0.25, 0.3) is 0 Å². The normalized spacial score (nSPS) is 10.1. The first kappa shape index (κ1) is 15.5. The smallest absolute Gasteiger partial charge is 0.118 e. The second-order valence-electron chi connectivity index (χ2n) is 4.70. The third kappa shape index (κ3) is 4.92. The quantitative estimate of drug-likeness (QED) is 0.322. The molecule has 0 unspecified atom stereocenters. The Balaban J connectivity index is 2.09. The second kappa shape index (κ2) is 9.15. The first-order chi connectivity index (χ1) is 10.9. The van der Waals surface area contributed by atoms with Gasteiger partial charge in [-0.25, -0.2) is 0 Å². The number of allylic oxidation sites excluding steroid dienone is 1. The molecular weight excluding hydrogens is 272 g/mol. The number of hydrogen-bond donors (Lipinski definition) is 0. The van der Waals surface area contributed by atoms with Crippen molar-refractivity contribution in [3.05, 3.63) is 84.1 Å². The average Bonchev–Trinajstić information content (AvgIpc) is 2.59. The highest BCUT2D eigenvalue weighted by atomic mass is 16.6. The summed E-state index contributed by atoms with van der Waals surface area (Å²) in [6.07, 6.45) is 5.67. The summed E-state index contributed by atoms with van der Waals surface area (Å²) in [5.74, 6) is 0. The van der Waals surface area contributed by atoms with Crippen LogP contribution in [0.4, 0.5) is 0 Å². The van der Waals surface area contributed by atoms with Crippen molar-refractivity contribution < 1.29 is 4.84 Å². The van der Waals surface area contributed by atoms with E-state index in [1.165, 1.54) is 0 Å². The van der Waals surface area contributed by atoms with Crippen LogP contribution >= 0.6 is 0 Å². The van der Waals surface area contributed by atoms with Gasteiger partial charge in [-0.05, 0) is 18.9 Å². The fraction of sp³-hybridized carbons (Fsp3) is 0.158. The van der Waals surface area contributed by atoms with Crippen molar-refractivity contribution in [2.75, 3.05) is 0 Å². The summed E-state index contributed by atoms with van der Waals surface area (Å²) < 4.78 is 0. The maximum Gasteiger partial charge on any atom is 0.118 e. The minimum atomic E-state index is 0.562. The lowest BCUT2D eigenvalue weighted by Gasteiger charge is -2.05. The molecule has 0 heterocycles. The molecule has 2 aromatic carbocycles. The van der Waals surface area contributed by atoms with Gasteiger partial charge in [-0.15, -0.1) is 0 Å². The lowest BCUT2D eigenvalue weighted by molar-refractivity contribution is 0.267. The number of nitrogens with zero attached hydrogens (tertiary/aromatic N) is 2. The van der Waals surface area contributed by atoms with Gasteiger partial charge in [0, 0.05) is 17.5 Å². The molecule has 0 N–H and O–H groups in total. The summed E-state index contributed by atoms with van der Waals surface area (Å²) >= 11 is 0. The van der Waals surface area contributed by atoms with Crippen molar-refractivity contribution in [3.8, 4) is 6.07 Å². The molecule has 0 aliphatic heterocycles. The number of rotatable bonds is 7. The summed E-state index contributed by atoms with van der Waals surface area (Å²) in [6.45, 7) is 0. The molecule has 22 heavy (non-hydrogen) atoms. The van der Waals surface area contributed by atoms with Gasteiger partial charge in [-0.3, -0.25) is 0 Å². The Hall–Kier alpha value is -2.86. The predicted octanol–water partition coefficient (Wildman–Crippen LogP) is 4.66. The Morgan fingerprint density at radius 2 is 1.59 bits per heavy atom. The van der Waals surface area contributed by atoms with Crippen LogP contribution in [0.2, 0.25) is 0 Å². The van der Waals surface area contributed by atoms with Crippen molar-refractivity contribution in [1.82, 2.24) is 0 Å². The van der Waals surface area contributed by atoms with Crippen molar-refractivity contribution >= 4 is 5.71 Å². The molecule has 2 rings (SSSR count). The van der Waals surface area contributed by atoms with E-state index in [0.29, 0.717) is 6.42 Å². The Morgan fingerprint density at radius 3 is 2.14 bits per heavy atom. The third-order valence-electron chi connectivity index (χ3n) is 3.05. The van der Waals surface area contributed by atoms with Crippen LogP contribution in [0, 0.1) is 11.3 Å². The van der Waals surface area contributed by atoms with Crippen LogP contribution in [0.15, 0.2) is 78.2 Å². The van der Waals surface area contributed by atoms with Crippen molar-refractivity contribution in [3.63, 3.8) is 0 Å². The van der Waals surface area contributed by atoms with Crippen LogP contribution in [-0.4, -0.2) is 5.71 Å². The first-order valence-electron chi connectivity index (χ1n) is 7.28. The van der Waals surface area contributed by atoms with Gasteiger partial charge in [0.2, 0.25) is 0 Å². The van der Waals surface area contributed by atoms with Crippen molar-refractivity contribution in [2.24, 2.45) is 5.16 Å². The molecule has 3 heteroatoms. The average molecular weight is 290 g/mol. The van der Waals surface area contributed by atoms with E-state index >= 15 is 0 Å². The number of benzene rings is 2. The van der Waals surface area contributed by atoms with Crippen LogP contribution in [0.25, 0.3) is 0 Å². The SMILES string of the molecule is N#CCCC/C=C/ON=C(c1ccccc1)c1ccccc1. The highest BCUT2D eigenvalue weighted by Gasteiger charge is 2.06. The largest absolute Gasteiger partial charge is 0.365 e. The fourth-order valence-electron chi connectivity index (χ4n) is 1.96. The maximum atomic E-state index is 8.47. The lowest BCUT2D eigenvalue weighted by Crippen LogP contribution is -2.03. The summed E-state index contributed by atoms with van der Waals surface area (Å²) in [6, 6.07) is 22.0. The Bertz CT molecular complexity index is 613. The van der Waals surface area contributed by atoms with Crippen LogP contribution in [-0.2, 0) is 4.84 Å². The minimum absolute atomic E-state index is 0.562. The van der Waals surface area contributed by atoms with Crippen molar-refractivity contribution in [2.45, 2.75) is 19.3 Å². The fourth-order valence-corrected chi connectivity index (χ4v) is 1.96. The van der Waals surface area contributed by atoms with Crippen LogP contribution in [0.5, 0.6) is 0 Å². The van der Waals surface area contributed by atoms with E-state index in [1.54, 1.807) is 6.26 Å². The van der Waals surface area contributed by atoms with Gasteiger partial charge in [-0.1, -0.05) is 65.8 Å². The Labute approximate surface area is 131 Å². The molecule has 0 radical (unpaired) electrons. The maximum absolute atomic E-state index is 8.47. The van der Waals surface area contributed by atoms with Gasteiger partial charge in [0.15, 0.2) is 0 Å². The molecule has 0 spiro atoms. The van der Waals surface area contributed by atoms with E-state index in [1.807, 2.05) is 66.7 Å². The van der Waals surface area contributed by atoms with Crippen LogP contribution in [0.1, 0.15) is 30.4 Å². The molecule has 2 aromatic rings. The highest BCUT2D eigenvalue weighted by Crippen LogP contribution is 2.11. The number of unbranched alkanes of at least 4 members (excludes halogenated alkanes) is 2. The van der Waals surface area contributed by atoms with E-state index in [0.717, 1.165) is 29.7 Å². The Kier molecular flexibility index (Phi) is 6.45. The molecular formula is C19H18N2O. The van der Waals surface area contributed by atoms with Gasteiger partial charge in [-0.2, -0.15) is 5.26 Å². The first-order valence-corrected chi connectivity index (χ1v) is 7.28. The molecule has 0 aromatic heterocycles. The highest BCUT2D eigenvalue weighted by molar-refractivity contribution is 6.12. The zero-order chi connectivity index (χ0) is 15.5. The topological polar surface area (TPSA) is 45.4 Å². The van der Waals surface area contributed by atoms with Gasteiger partial charge < -0.3 is 4.84 Å². The molecule has 0 saturated carbocycles. The standard InChI is InChI=1S/C19H18N2O/c20-15-9-1-2-10-16-22-21-19(17-11-5-3-6-12-17)18-13-7-4-8-14-18/h3-8,10-14,16H,1-2,9H2/b16-10+.